The van der Waals surface area contributed by atoms with E-state index in [4.69, 9.17) is 0 Å². The van der Waals surface area contributed by atoms with Gasteiger partial charge in [-0.25, -0.2) is 13.4 Å². The van der Waals surface area contributed by atoms with Gasteiger partial charge in [-0.05, 0) is 72.1 Å². The summed E-state index contributed by atoms with van der Waals surface area (Å²) in [6.07, 6.45) is 2.33. The van der Waals surface area contributed by atoms with Crippen molar-refractivity contribution in [2.24, 2.45) is 0 Å². The van der Waals surface area contributed by atoms with Crippen molar-refractivity contribution in [3.05, 3.63) is 51.9 Å². The Labute approximate surface area is 182 Å². The van der Waals surface area contributed by atoms with Crippen LogP contribution in [0.3, 0.4) is 0 Å². The molecule has 1 aliphatic rings. The van der Waals surface area contributed by atoms with E-state index in [0.717, 1.165) is 40.0 Å². The number of nitrogens with one attached hydrogen (secondary N) is 2. The molecule has 29 heavy (non-hydrogen) atoms. The Hall–Kier alpha value is -2.17. The van der Waals surface area contributed by atoms with Crippen molar-refractivity contribution in [2.45, 2.75) is 24.0 Å². The van der Waals surface area contributed by atoms with Crippen LogP contribution in [0.15, 0.2) is 50.5 Å². The van der Waals surface area contributed by atoms with Crippen LogP contribution >= 0.6 is 27.3 Å². The summed E-state index contributed by atoms with van der Waals surface area (Å²) in [5.74, 6) is 1.47. The van der Waals surface area contributed by atoms with Crippen LogP contribution in [0.25, 0.3) is 0 Å². The second-order valence-electron chi connectivity index (χ2n) is 6.76. The Morgan fingerprint density at radius 1 is 1.03 bits per heavy atom. The van der Waals surface area contributed by atoms with Gasteiger partial charge in [0.25, 0.3) is 10.0 Å². The molecule has 0 atom stereocenters. The number of benzene rings is 1. The molecule has 1 aliphatic heterocycles. The lowest BCUT2D eigenvalue weighted by Gasteiger charge is -2.17. The average molecular weight is 494 g/mol. The van der Waals surface area contributed by atoms with Crippen LogP contribution in [0.2, 0.25) is 0 Å². The molecule has 0 saturated carbocycles. The number of aromatic nitrogens is 2. The molecule has 1 aromatic carbocycles. The zero-order chi connectivity index (χ0) is 20.4. The number of hydrogen-bond acceptors (Lipinski definition) is 7. The van der Waals surface area contributed by atoms with Gasteiger partial charge >= 0.3 is 0 Å². The molecule has 0 unspecified atom stereocenters. The van der Waals surface area contributed by atoms with E-state index < -0.39 is 10.0 Å². The van der Waals surface area contributed by atoms with E-state index in [0.29, 0.717) is 5.69 Å². The van der Waals surface area contributed by atoms with Gasteiger partial charge in [0.2, 0.25) is 5.95 Å². The number of thiophene rings is 1. The number of anilines is 4. The van der Waals surface area contributed by atoms with Crippen LogP contribution in [0, 0.1) is 6.92 Å². The van der Waals surface area contributed by atoms with E-state index in [9.17, 15) is 8.42 Å². The summed E-state index contributed by atoms with van der Waals surface area (Å²) in [7, 11) is -3.59. The summed E-state index contributed by atoms with van der Waals surface area (Å²) in [5.41, 5.74) is 2.21. The quantitative estimate of drug-likeness (QED) is 0.514. The SMILES string of the molecule is Cc1cc(Nc2ccc(NS(=O)(=O)c3ccc(Br)s3)cc2)nc(N2CCCC2)n1. The Bertz CT molecular complexity index is 1110. The fraction of sp³-hybridized carbons (Fsp3) is 0.263. The van der Waals surface area contributed by atoms with Gasteiger partial charge in [-0.3, -0.25) is 4.72 Å². The monoisotopic (exact) mass is 493 g/mol. The molecule has 3 heterocycles. The highest BCUT2D eigenvalue weighted by Crippen LogP contribution is 2.28. The normalized spacial score (nSPS) is 14.2. The Kier molecular flexibility index (Phi) is 5.75. The lowest BCUT2D eigenvalue weighted by atomic mass is 10.3. The smallest absolute Gasteiger partial charge is 0.271 e. The zero-order valence-electron chi connectivity index (χ0n) is 15.7. The third-order valence-electron chi connectivity index (χ3n) is 4.45. The maximum absolute atomic E-state index is 12.4. The number of sulfonamides is 1. The van der Waals surface area contributed by atoms with Crippen LogP contribution in [0.1, 0.15) is 18.5 Å². The molecular weight excluding hydrogens is 474 g/mol. The number of rotatable bonds is 6. The predicted octanol–water partition coefficient (Wildman–Crippen LogP) is 4.75. The molecule has 7 nitrogen and oxygen atoms in total. The van der Waals surface area contributed by atoms with Crippen LogP contribution < -0.4 is 14.9 Å². The molecule has 1 saturated heterocycles. The van der Waals surface area contributed by atoms with E-state index in [1.807, 2.05) is 25.1 Å². The van der Waals surface area contributed by atoms with Gasteiger partial charge in [0.05, 0.1) is 3.79 Å². The fourth-order valence-electron chi connectivity index (χ4n) is 3.09. The van der Waals surface area contributed by atoms with Crippen molar-refractivity contribution < 1.29 is 8.42 Å². The second kappa shape index (κ2) is 8.29. The first kappa shape index (κ1) is 20.1. The van der Waals surface area contributed by atoms with Crippen molar-refractivity contribution in [1.29, 1.82) is 0 Å². The number of hydrogen-bond donors (Lipinski definition) is 2. The standard InChI is InChI=1S/C19H20BrN5O2S2/c1-13-12-17(23-19(21-13)25-10-2-3-11-25)22-14-4-6-15(7-5-14)24-29(26,27)18-9-8-16(20)28-18/h4-9,12,24H,2-3,10-11H2,1H3,(H,21,22,23). The molecule has 2 aromatic heterocycles. The Morgan fingerprint density at radius 2 is 1.72 bits per heavy atom. The summed E-state index contributed by atoms with van der Waals surface area (Å²) < 4.78 is 28.5. The second-order valence-corrected chi connectivity index (χ2v) is 11.1. The minimum atomic E-state index is -3.59. The maximum Gasteiger partial charge on any atom is 0.271 e. The average Bonchev–Trinajstić information content (AvgIpc) is 3.35. The largest absolute Gasteiger partial charge is 0.341 e. The number of aryl methyl sites for hydroxylation is 1. The molecule has 2 N–H and O–H groups in total. The summed E-state index contributed by atoms with van der Waals surface area (Å²) in [5, 5.41) is 3.27. The van der Waals surface area contributed by atoms with Crippen LogP contribution in [-0.2, 0) is 10.0 Å². The van der Waals surface area contributed by atoms with Crippen molar-refractivity contribution in [1.82, 2.24) is 9.97 Å². The summed E-state index contributed by atoms with van der Waals surface area (Å²) >= 11 is 4.45. The highest BCUT2D eigenvalue weighted by Gasteiger charge is 2.17. The molecule has 1 fully saturated rings. The molecule has 0 amide bonds. The molecule has 10 heteroatoms. The highest BCUT2D eigenvalue weighted by molar-refractivity contribution is 9.11. The van der Waals surface area contributed by atoms with Crippen molar-refractivity contribution >= 4 is 60.4 Å². The molecule has 0 aliphatic carbocycles. The van der Waals surface area contributed by atoms with Gasteiger partial charge in [-0.2, -0.15) is 4.98 Å². The Balaban J connectivity index is 1.47. The van der Waals surface area contributed by atoms with E-state index in [1.165, 1.54) is 24.2 Å². The van der Waals surface area contributed by atoms with E-state index in [2.05, 4.69) is 40.8 Å². The minimum absolute atomic E-state index is 0.262. The van der Waals surface area contributed by atoms with Gasteiger partial charge < -0.3 is 10.2 Å². The van der Waals surface area contributed by atoms with E-state index >= 15 is 0 Å². The van der Waals surface area contributed by atoms with Gasteiger partial charge in [0, 0.05) is 36.2 Å². The molecule has 0 radical (unpaired) electrons. The predicted molar refractivity (Wildman–Crippen MR) is 121 cm³/mol. The van der Waals surface area contributed by atoms with Crippen LogP contribution in [-0.4, -0.2) is 31.5 Å². The fourth-order valence-corrected chi connectivity index (χ4v) is 6.16. The van der Waals surface area contributed by atoms with Gasteiger partial charge in [0.1, 0.15) is 10.0 Å². The highest BCUT2D eigenvalue weighted by atomic mass is 79.9. The summed E-state index contributed by atoms with van der Waals surface area (Å²) in [4.78, 5) is 11.4. The van der Waals surface area contributed by atoms with Crippen molar-refractivity contribution in [3.8, 4) is 0 Å². The Morgan fingerprint density at radius 3 is 2.38 bits per heavy atom. The first-order valence-corrected chi connectivity index (χ1v) is 12.2. The zero-order valence-corrected chi connectivity index (χ0v) is 18.9. The minimum Gasteiger partial charge on any atom is -0.341 e. The molecule has 4 rings (SSSR count). The number of nitrogens with zero attached hydrogens (tertiary/aromatic N) is 3. The van der Waals surface area contributed by atoms with Gasteiger partial charge in [-0.15, -0.1) is 11.3 Å². The summed E-state index contributed by atoms with van der Waals surface area (Å²) in [6.45, 7) is 3.92. The molecule has 152 valence electrons. The third kappa shape index (κ3) is 4.88. The lowest BCUT2D eigenvalue weighted by molar-refractivity contribution is 0.603. The number of halogens is 1. The molecule has 3 aromatic rings. The molecule has 0 spiro atoms. The lowest BCUT2D eigenvalue weighted by Crippen LogP contribution is -2.21. The first-order valence-electron chi connectivity index (χ1n) is 9.15. The van der Waals surface area contributed by atoms with Gasteiger partial charge in [-0.1, -0.05) is 0 Å². The topological polar surface area (TPSA) is 87.2 Å². The maximum atomic E-state index is 12.4. The first-order chi connectivity index (χ1) is 13.9. The van der Waals surface area contributed by atoms with Crippen molar-refractivity contribution in [3.63, 3.8) is 0 Å². The van der Waals surface area contributed by atoms with E-state index in [1.54, 1.807) is 24.3 Å². The summed E-state index contributed by atoms with van der Waals surface area (Å²) in [6, 6.07) is 12.2. The third-order valence-corrected chi connectivity index (χ3v) is 7.95. The molecule has 0 bridgehead atoms. The van der Waals surface area contributed by atoms with Crippen LogP contribution in [0.4, 0.5) is 23.1 Å². The van der Waals surface area contributed by atoms with Gasteiger partial charge in [0.15, 0.2) is 0 Å². The van der Waals surface area contributed by atoms with Crippen LogP contribution in [0.5, 0.6) is 0 Å². The molecular formula is C19H20BrN5O2S2. The van der Waals surface area contributed by atoms with Crippen molar-refractivity contribution in [2.75, 3.05) is 28.0 Å². The van der Waals surface area contributed by atoms with E-state index in [-0.39, 0.29) is 4.21 Å².